The summed E-state index contributed by atoms with van der Waals surface area (Å²) in [5.41, 5.74) is 3.27. The van der Waals surface area contributed by atoms with E-state index in [1.165, 1.54) is 0 Å². The highest BCUT2D eigenvalue weighted by molar-refractivity contribution is 5.85. The summed E-state index contributed by atoms with van der Waals surface area (Å²) in [4.78, 5) is 12.2. The van der Waals surface area contributed by atoms with E-state index in [-0.39, 0.29) is 0 Å². The van der Waals surface area contributed by atoms with Gasteiger partial charge in [0.15, 0.2) is 11.5 Å². The van der Waals surface area contributed by atoms with Gasteiger partial charge >= 0.3 is 5.97 Å². The van der Waals surface area contributed by atoms with Crippen molar-refractivity contribution in [2.75, 3.05) is 19.0 Å². The molecule has 0 aromatic heterocycles. The second-order valence-corrected chi connectivity index (χ2v) is 7.91. The second-order valence-electron chi connectivity index (χ2n) is 7.91. The first-order valence-corrected chi connectivity index (χ1v) is 10.4. The summed E-state index contributed by atoms with van der Waals surface area (Å²) < 4.78 is 11.4. The van der Waals surface area contributed by atoms with Gasteiger partial charge in [0.2, 0.25) is 0 Å². The van der Waals surface area contributed by atoms with Gasteiger partial charge in [-0.25, -0.2) is 4.79 Å². The van der Waals surface area contributed by atoms with Crippen molar-refractivity contribution in [2.45, 2.75) is 24.8 Å². The van der Waals surface area contributed by atoms with Crippen LogP contribution in [0.2, 0.25) is 0 Å². The van der Waals surface area contributed by atoms with Crippen molar-refractivity contribution in [3.8, 4) is 17.6 Å². The number of carboxylic acids is 1. The molecule has 3 aromatic carbocycles. The Morgan fingerprint density at radius 2 is 1.81 bits per heavy atom. The Balaban J connectivity index is 1.50. The molecule has 0 bridgehead atoms. The molecular formula is C26H24N2O4. The zero-order valence-corrected chi connectivity index (χ0v) is 17.8. The predicted octanol–water partition coefficient (Wildman–Crippen LogP) is 4.22. The number of anilines is 1. The molecule has 0 amide bonds. The van der Waals surface area contributed by atoms with Crippen molar-refractivity contribution in [2.24, 2.45) is 0 Å². The van der Waals surface area contributed by atoms with Gasteiger partial charge in [-0.1, -0.05) is 36.4 Å². The van der Waals surface area contributed by atoms with Crippen LogP contribution in [0.5, 0.6) is 11.5 Å². The van der Waals surface area contributed by atoms with Crippen LogP contribution < -0.4 is 14.8 Å². The Morgan fingerprint density at radius 1 is 1.06 bits per heavy atom. The van der Waals surface area contributed by atoms with Crippen LogP contribution in [-0.2, 0) is 24.1 Å². The molecule has 0 heterocycles. The first kappa shape index (κ1) is 21.3. The van der Waals surface area contributed by atoms with Gasteiger partial charge < -0.3 is 19.9 Å². The summed E-state index contributed by atoms with van der Waals surface area (Å²) in [5.74, 6) is 0.217. The number of carbonyl (C=O) groups is 1. The number of carboxylic acid groups (broad SMARTS) is 1. The van der Waals surface area contributed by atoms with Crippen molar-refractivity contribution in [1.82, 2.24) is 0 Å². The van der Waals surface area contributed by atoms with Gasteiger partial charge in [-0.15, -0.1) is 0 Å². The average molecular weight is 428 g/mol. The van der Waals surface area contributed by atoms with Crippen LogP contribution in [0.15, 0.2) is 66.7 Å². The molecule has 0 aliphatic heterocycles. The molecule has 32 heavy (non-hydrogen) atoms. The number of aliphatic carboxylic acids is 1. The van der Waals surface area contributed by atoms with E-state index in [1.54, 1.807) is 31.4 Å². The van der Waals surface area contributed by atoms with Gasteiger partial charge in [0, 0.05) is 31.0 Å². The smallest absolute Gasteiger partial charge is 0.330 e. The second kappa shape index (κ2) is 9.03. The number of hydrogen-bond donors (Lipinski definition) is 2. The lowest BCUT2D eigenvalue weighted by molar-refractivity contribution is -0.142. The van der Waals surface area contributed by atoms with E-state index in [2.05, 4.69) is 11.4 Å². The van der Waals surface area contributed by atoms with Gasteiger partial charge in [0.05, 0.1) is 25.3 Å². The molecule has 6 heteroatoms. The van der Waals surface area contributed by atoms with Crippen LogP contribution in [0, 0.1) is 11.3 Å². The quantitative estimate of drug-likeness (QED) is 0.558. The number of rotatable bonds is 8. The third-order valence-corrected chi connectivity index (χ3v) is 5.76. The Hall–Kier alpha value is -3.98. The number of methoxy groups -OCH3 is 1. The monoisotopic (exact) mass is 428 g/mol. The standard InChI is InChI=1S/C26H24N2O4/c1-31-23-10-9-22(14-24(23)32-12-11-18-5-4-6-19(13-18)17-27)28-26(25(29)30)15-20-7-2-3-8-21(20)16-26/h2-10,13-14,28H,11-12,15-16H2,1H3,(H,29,30). The molecule has 6 nitrogen and oxygen atoms in total. The van der Waals surface area contributed by atoms with E-state index < -0.39 is 11.5 Å². The maximum Gasteiger partial charge on any atom is 0.330 e. The lowest BCUT2D eigenvalue weighted by atomic mass is 9.95. The molecule has 2 N–H and O–H groups in total. The number of ether oxygens (including phenoxy) is 2. The molecule has 4 rings (SSSR count). The van der Waals surface area contributed by atoms with E-state index in [0.717, 1.165) is 16.7 Å². The van der Waals surface area contributed by atoms with Gasteiger partial charge in [-0.3, -0.25) is 0 Å². The molecule has 162 valence electrons. The topological polar surface area (TPSA) is 91.6 Å². The highest BCUT2D eigenvalue weighted by Crippen LogP contribution is 2.36. The fraction of sp³-hybridized carbons (Fsp3) is 0.231. The van der Waals surface area contributed by atoms with E-state index in [1.807, 2.05) is 42.5 Å². The normalized spacial score (nSPS) is 13.6. The van der Waals surface area contributed by atoms with Crippen LogP contribution in [0.25, 0.3) is 0 Å². The van der Waals surface area contributed by atoms with Gasteiger partial charge in [-0.2, -0.15) is 5.26 Å². The number of hydrogen-bond acceptors (Lipinski definition) is 5. The van der Waals surface area contributed by atoms with E-state index >= 15 is 0 Å². The van der Waals surface area contributed by atoms with Gasteiger partial charge in [0.25, 0.3) is 0 Å². The lowest BCUT2D eigenvalue weighted by Gasteiger charge is -2.27. The maximum atomic E-state index is 12.2. The molecule has 0 spiro atoms. The van der Waals surface area contributed by atoms with E-state index in [0.29, 0.717) is 48.6 Å². The number of fused-ring (bicyclic) bond motifs is 1. The highest BCUT2D eigenvalue weighted by atomic mass is 16.5. The first-order chi connectivity index (χ1) is 15.5. The van der Waals surface area contributed by atoms with E-state index in [9.17, 15) is 9.90 Å². The van der Waals surface area contributed by atoms with Crippen LogP contribution in [0.1, 0.15) is 22.3 Å². The minimum atomic E-state index is -1.10. The molecule has 3 aromatic rings. The van der Waals surface area contributed by atoms with Gasteiger partial charge in [-0.05, 0) is 41.0 Å². The van der Waals surface area contributed by atoms with Crippen LogP contribution in [0.3, 0.4) is 0 Å². The zero-order valence-electron chi connectivity index (χ0n) is 17.8. The summed E-state index contributed by atoms with van der Waals surface area (Å²) in [6, 6.07) is 22.7. The summed E-state index contributed by atoms with van der Waals surface area (Å²) in [7, 11) is 1.57. The fourth-order valence-corrected chi connectivity index (χ4v) is 4.13. The third-order valence-electron chi connectivity index (χ3n) is 5.76. The summed E-state index contributed by atoms with van der Waals surface area (Å²) in [6.45, 7) is 0.393. The minimum absolute atomic E-state index is 0.393. The number of nitrogens with one attached hydrogen (secondary N) is 1. The van der Waals surface area contributed by atoms with Gasteiger partial charge in [0.1, 0.15) is 5.54 Å². The van der Waals surface area contributed by atoms with Crippen LogP contribution in [-0.4, -0.2) is 30.3 Å². The summed E-state index contributed by atoms with van der Waals surface area (Å²) in [6.07, 6.45) is 1.45. The maximum absolute atomic E-state index is 12.2. The third kappa shape index (κ3) is 4.37. The van der Waals surface area contributed by atoms with Crippen molar-refractivity contribution < 1.29 is 19.4 Å². The zero-order chi connectivity index (χ0) is 22.6. The fourth-order valence-electron chi connectivity index (χ4n) is 4.13. The Morgan fingerprint density at radius 3 is 2.47 bits per heavy atom. The molecule has 1 aliphatic carbocycles. The Kier molecular flexibility index (Phi) is 6.00. The molecule has 0 unspecified atom stereocenters. The van der Waals surface area contributed by atoms with E-state index in [4.69, 9.17) is 14.7 Å². The Labute approximate surface area is 187 Å². The lowest BCUT2D eigenvalue weighted by Crippen LogP contribution is -2.47. The largest absolute Gasteiger partial charge is 0.493 e. The molecular weight excluding hydrogens is 404 g/mol. The average Bonchev–Trinajstić information content (AvgIpc) is 3.19. The van der Waals surface area contributed by atoms with Crippen molar-refractivity contribution in [3.05, 3.63) is 89.0 Å². The van der Waals surface area contributed by atoms with Crippen molar-refractivity contribution in [3.63, 3.8) is 0 Å². The first-order valence-electron chi connectivity index (χ1n) is 10.4. The number of nitriles is 1. The molecule has 0 atom stereocenters. The summed E-state index contributed by atoms with van der Waals surface area (Å²) >= 11 is 0. The SMILES string of the molecule is COc1ccc(NC2(C(=O)O)Cc3ccccc3C2)cc1OCCc1cccc(C#N)c1. The van der Waals surface area contributed by atoms with Crippen molar-refractivity contribution >= 4 is 11.7 Å². The van der Waals surface area contributed by atoms with Crippen LogP contribution >= 0.6 is 0 Å². The minimum Gasteiger partial charge on any atom is -0.493 e. The molecule has 0 radical (unpaired) electrons. The molecule has 0 saturated carbocycles. The highest BCUT2D eigenvalue weighted by Gasteiger charge is 2.44. The number of benzene rings is 3. The molecule has 0 saturated heterocycles. The molecule has 1 aliphatic rings. The predicted molar refractivity (Wildman–Crippen MR) is 121 cm³/mol. The molecule has 0 fully saturated rings. The summed E-state index contributed by atoms with van der Waals surface area (Å²) in [5, 5.41) is 22.3. The van der Waals surface area contributed by atoms with Crippen LogP contribution in [0.4, 0.5) is 5.69 Å². The Bertz CT molecular complexity index is 1160. The number of nitrogens with zero attached hydrogens (tertiary/aromatic N) is 1. The van der Waals surface area contributed by atoms with Crippen molar-refractivity contribution in [1.29, 1.82) is 5.26 Å².